The SMILES string of the molecule is Cc1nc(Cl)nc(-c2ccccc2Br)c1[N+](=O)[O-]. The fraction of sp³-hybridized carbons (Fsp3) is 0.0909. The smallest absolute Gasteiger partial charge is 0.258 e. The Morgan fingerprint density at radius 1 is 1.33 bits per heavy atom. The van der Waals surface area contributed by atoms with Crippen molar-refractivity contribution in [3.8, 4) is 11.3 Å². The quantitative estimate of drug-likeness (QED) is 0.478. The number of nitro groups is 1. The molecule has 0 bridgehead atoms. The lowest BCUT2D eigenvalue weighted by Gasteiger charge is -2.06. The number of hydrogen-bond acceptors (Lipinski definition) is 4. The maximum atomic E-state index is 11.1. The first kappa shape index (κ1) is 12.9. The molecule has 0 saturated heterocycles. The van der Waals surface area contributed by atoms with Gasteiger partial charge in [-0.15, -0.1) is 0 Å². The molecule has 0 fully saturated rings. The minimum Gasteiger partial charge on any atom is -0.258 e. The molecule has 2 rings (SSSR count). The number of halogens is 2. The molecular weight excluding hydrogens is 321 g/mol. The molecule has 18 heavy (non-hydrogen) atoms. The maximum absolute atomic E-state index is 11.1. The molecule has 0 N–H and O–H groups in total. The van der Waals surface area contributed by atoms with E-state index in [-0.39, 0.29) is 22.4 Å². The van der Waals surface area contributed by atoms with Gasteiger partial charge >= 0.3 is 5.69 Å². The monoisotopic (exact) mass is 327 g/mol. The van der Waals surface area contributed by atoms with Crippen LogP contribution in [0.5, 0.6) is 0 Å². The first-order valence-electron chi connectivity index (χ1n) is 4.94. The largest absolute Gasteiger partial charge is 0.316 e. The normalized spacial score (nSPS) is 10.4. The van der Waals surface area contributed by atoms with Gasteiger partial charge in [0.15, 0.2) is 5.69 Å². The van der Waals surface area contributed by atoms with Gasteiger partial charge in [-0.2, -0.15) is 0 Å². The van der Waals surface area contributed by atoms with E-state index in [1.54, 1.807) is 18.2 Å². The second kappa shape index (κ2) is 4.99. The Morgan fingerprint density at radius 3 is 2.61 bits per heavy atom. The van der Waals surface area contributed by atoms with Crippen LogP contribution in [-0.2, 0) is 0 Å². The Hall–Kier alpha value is -1.53. The molecule has 0 aliphatic carbocycles. The Morgan fingerprint density at radius 2 is 2.00 bits per heavy atom. The highest BCUT2D eigenvalue weighted by Gasteiger charge is 2.23. The first-order chi connectivity index (χ1) is 8.50. The van der Waals surface area contributed by atoms with Crippen molar-refractivity contribution in [3.05, 3.63) is 49.8 Å². The standard InChI is InChI=1S/C11H7BrClN3O2/c1-6-10(16(17)18)9(15-11(13)14-6)7-4-2-3-5-8(7)12/h2-5H,1H3. The summed E-state index contributed by atoms with van der Waals surface area (Å²) < 4.78 is 0.710. The Balaban J connectivity index is 2.78. The molecule has 0 saturated carbocycles. The summed E-state index contributed by atoms with van der Waals surface area (Å²) in [6.07, 6.45) is 0. The second-order valence-corrected chi connectivity index (χ2v) is 4.70. The molecule has 5 nitrogen and oxygen atoms in total. The van der Waals surface area contributed by atoms with Crippen LogP contribution in [0.4, 0.5) is 5.69 Å². The van der Waals surface area contributed by atoms with Crippen molar-refractivity contribution >= 4 is 33.2 Å². The number of hydrogen-bond donors (Lipinski definition) is 0. The van der Waals surface area contributed by atoms with Gasteiger partial charge in [-0.05, 0) is 24.6 Å². The molecule has 0 aliphatic rings. The fourth-order valence-corrected chi connectivity index (χ4v) is 2.28. The lowest BCUT2D eigenvalue weighted by atomic mass is 10.1. The Kier molecular flexibility index (Phi) is 3.58. The lowest BCUT2D eigenvalue weighted by molar-refractivity contribution is -0.385. The average Bonchev–Trinajstić information content (AvgIpc) is 2.27. The third-order valence-corrected chi connectivity index (χ3v) is 3.20. The summed E-state index contributed by atoms with van der Waals surface area (Å²) in [5.41, 5.74) is 0.929. The van der Waals surface area contributed by atoms with Gasteiger partial charge in [0.05, 0.1) is 4.92 Å². The summed E-state index contributed by atoms with van der Waals surface area (Å²) in [4.78, 5) is 18.4. The minimum atomic E-state index is -0.500. The molecule has 92 valence electrons. The lowest BCUT2D eigenvalue weighted by Crippen LogP contribution is -2.01. The molecule has 2 aromatic rings. The first-order valence-corrected chi connectivity index (χ1v) is 6.11. The Bertz CT molecular complexity index is 634. The van der Waals surface area contributed by atoms with Crippen LogP contribution in [0.3, 0.4) is 0 Å². The van der Waals surface area contributed by atoms with Crippen LogP contribution in [0.1, 0.15) is 5.69 Å². The summed E-state index contributed by atoms with van der Waals surface area (Å²) in [5, 5.41) is 11.1. The van der Waals surface area contributed by atoms with Crippen molar-refractivity contribution in [2.75, 3.05) is 0 Å². The summed E-state index contributed by atoms with van der Waals surface area (Å²) in [5.74, 6) is 0. The van der Waals surface area contributed by atoms with E-state index in [0.29, 0.717) is 10.0 Å². The molecule has 7 heteroatoms. The molecular formula is C11H7BrClN3O2. The highest BCUT2D eigenvalue weighted by atomic mass is 79.9. The molecule has 0 atom stereocenters. The van der Waals surface area contributed by atoms with Crippen molar-refractivity contribution in [2.24, 2.45) is 0 Å². The highest BCUT2D eigenvalue weighted by Crippen LogP contribution is 2.35. The molecule has 0 unspecified atom stereocenters. The van der Waals surface area contributed by atoms with Crippen LogP contribution in [0.2, 0.25) is 5.28 Å². The number of aromatic nitrogens is 2. The zero-order chi connectivity index (χ0) is 13.3. The summed E-state index contributed by atoms with van der Waals surface area (Å²) in [6, 6.07) is 7.10. The Labute approximate surface area is 116 Å². The van der Waals surface area contributed by atoms with Gasteiger partial charge in [0.2, 0.25) is 5.28 Å². The van der Waals surface area contributed by atoms with Crippen LogP contribution in [0, 0.1) is 17.0 Å². The second-order valence-electron chi connectivity index (χ2n) is 3.51. The van der Waals surface area contributed by atoms with Crippen LogP contribution < -0.4 is 0 Å². The van der Waals surface area contributed by atoms with E-state index < -0.39 is 4.92 Å². The van der Waals surface area contributed by atoms with E-state index in [1.165, 1.54) is 6.92 Å². The van der Waals surface area contributed by atoms with E-state index in [0.717, 1.165) is 0 Å². The molecule has 1 aromatic carbocycles. The van der Waals surface area contributed by atoms with Crippen molar-refractivity contribution < 1.29 is 4.92 Å². The van der Waals surface area contributed by atoms with Gasteiger partial charge in [0, 0.05) is 10.0 Å². The van der Waals surface area contributed by atoms with Crippen molar-refractivity contribution in [3.63, 3.8) is 0 Å². The van der Waals surface area contributed by atoms with Gasteiger partial charge in [0.1, 0.15) is 5.69 Å². The molecule has 1 aromatic heterocycles. The van der Waals surface area contributed by atoms with Gasteiger partial charge < -0.3 is 0 Å². The van der Waals surface area contributed by atoms with Crippen LogP contribution in [-0.4, -0.2) is 14.9 Å². The van der Waals surface area contributed by atoms with Crippen molar-refractivity contribution in [1.29, 1.82) is 0 Å². The topological polar surface area (TPSA) is 68.9 Å². The van der Waals surface area contributed by atoms with Crippen LogP contribution in [0.15, 0.2) is 28.7 Å². The summed E-state index contributed by atoms with van der Waals surface area (Å²) >= 11 is 9.11. The van der Waals surface area contributed by atoms with Crippen molar-refractivity contribution in [2.45, 2.75) is 6.92 Å². The van der Waals surface area contributed by atoms with Gasteiger partial charge in [-0.3, -0.25) is 10.1 Å². The average molecular weight is 329 g/mol. The van der Waals surface area contributed by atoms with Crippen molar-refractivity contribution in [1.82, 2.24) is 9.97 Å². The number of aryl methyl sites for hydroxylation is 1. The predicted molar refractivity (Wildman–Crippen MR) is 71.6 cm³/mol. The van der Waals surface area contributed by atoms with E-state index in [4.69, 9.17) is 11.6 Å². The third kappa shape index (κ3) is 2.34. The summed E-state index contributed by atoms with van der Waals surface area (Å²) in [6.45, 7) is 1.53. The number of rotatable bonds is 2. The number of benzene rings is 1. The maximum Gasteiger partial charge on any atom is 0.316 e. The van der Waals surface area contributed by atoms with E-state index in [1.807, 2.05) is 6.07 Å². The van der Waals surface area contributed by atoms with Gasteiger partial charge in [-0.25, -0.2) is 9.97 Å². The third-order valence-electron chi connectivity index (χ3n) is 2.34. The molecule has 0 amide bonds. The molecule has 0 aliphatic heterocycles. The molecule has 1 heterocycles. The fourth-order valence-electron chi connectivity index (χ4n) is 1.59. The van der Waals surface area contributed by atoms with Gasteiger partial charge in [-0.1, -0.05) is 34.1 Å². The summed E-state index contributed by atoms with van der Waals surface area (Å²) in [7, 11) is 0. The zero-order valence-corrected chi connectivity index (χ0v) is 11.6. The predicted octanol–water partition coefficient (Wildman–Crippen LogP) is 3.78. The molecule has 0 spiro atoms. The van der Waals surface area contributed by atoms with E-state index in [2.05, 4.69) is 25.9 Å². The van der Waals surface area contributed by atoms with Gasteiger partial charge in [0.25, 0.3) is 0 Å². The number of nitrogens with zero attached hydrogens (tertiary/aromatic N) is 3. The van der Waals surface area contributed by atoms with E-state index in [9.17, 15) is 10.1 Å². The van der Waals surface area contributed by atoms with E-state index >= 15 is 0 Å². The highest BCUT2D eigenvalue weighted by molar-refractivity contribution is 9.10. The zero-order valence-electron chi connectivity index (χ0n) is 9.22. The van der Waals surface area contributed by atoms with Crippen LogP contribution in [0.25, 0.3) is 11.3 Å². The molecule has 0 radical (unpaired) electrons. The minimum absolute atomic E-state index is 0.0103. The van der Waals surface area contributed by atoms with Crippen LogP contribution >= 0.6 is 27.5 Å².